The molecule has 2 aromatic carbocycles. The van der Waals surface area contributed by atoms with E-state index in [-0.39, 0.29) is 28.7 Å². The van der Waals surface area contributed by atoms with Gasteiger partial charge < -0.3 is 5.32 Å². The minimum absolute atomic E-state index is 0.0312. The number of halogens is 4. The molecule has 0 saturated carbocycles. The number of hydrogen-bond donors (Lipinski definition) is 1. The Morgan fingerprint density at radius 2 is 1.83 bits per heavy atom. The van der Waals surface area contributed by atoms with Crippen molar-refractivity contribution < 1.29 is 26.4 Å². The van der Waals surface area contributed by atoms with Crippen LogP contribution in [0.5, 0.6) is 0 Å². The molecule has 162 valence electrons. The third kappa shape index (κ3) is 4.96. The number of sulfonamides is 1. The zero-order valence-electron chi connectivity index (χ0n) is 16.0. The highest BCUT2D eigenvalue weighted by Crippen LogP contribution is 2.34. The summed E-state index contributed by atoms with van der Waals surface area (Å²) in [5.41, 5.74) is -0.174. The number of piperidine rings is 1. The van der Waals surface area contributed by atoms with Crippen molar-refractivity contribution in [3.05, 3.63) is 58.6 Å². The van der Waals surface area contributed by atoms with Crippen LogP contribution in [-0.2, 0) is 21.0 Å². The predicted octanol–water partition coefficient (Wildman–Crippen LogP) is 4.71. The second kappa shape index (κ2) is 8.56. The zero-order valence-corrected chi connectivity index (χ0v) is 17.6. The van der Waals surface area contributed by atoms with Crippen LogP contribution in [0.4, 0.5) is 18.9 Å². The van der Waals surface area contributed by atoms with Crippen LogP contribution in [0.15, 0.2) is 47.4 Å². The van der Waals surface area contributed by atoms with Crippen molar-refractivity contribution in [2.45, 2.75) is 30.8 Å². The maximum Gasteiger partial charge on any atom is 0.416 e. The number of benzene rings is 2. The van der Waals surface area contributed by atoms with Crippen molar-refractivity contribution in [1.29, 1.82) is 0 Å². The number of carbonyl (C=O) groups is 1. The van der Waals surface area contributed by atoms with E-state index in [2.05, 4.69) is 5.32 Å². The number of alkyl halides is 3. The van der Waals surface area contributed by atoms with Gasteiger partial charge in [-0.3, -0.25) is 4.79 Å². The van der Waals surface area contributed by atoms with Crippen molar-refractivity contribution in [1.82, 2.24) is 4.31 Å². The highest BCUT2D eigenvalue weighted by Gasteiger charge is 2.34. The van der Waals surface area contributed by atoms with E-state index in [1.165, 1.54) is 16.4 Å². The van der Waals surface area contributed by atoms with Gasteiger partial charge in [-0.15, -0.1) is 0 Å². The van der Waals surface area contributed by atoms with E-state index in [1.807, 2.05) is 6.92 Å². The molecule has 1 aliphatic heterocycles. The molecule has 0 bridgehead atoms. The summed E-state index contributed by atoms with van der Waals surface area (Å²) in [6.45, 7) is 2.06. The number of aryl methyl sites for hydroxylation is 1. The fraction of sp³-hybridized carbons (Fsp3) is 0.350. The van der Waals surface area contributed by atoms with Gasteiger partial charge in [0.15, 0.2) is 0 Å². The monoisotopic (exact) mass is 460 g/mol. The van der Waals surface area contributed by atoms with Gasteiger partial charge in [-0.1, -0.05) is 29.3 Å². The van der Waals surface area contributed by atoms with Gasteiger partial charge in [0.05, 0.1) is 27.1 Å². The number of nitrogens with one attached hydrogen (secondary N) is 1. The maximum atomic E-state index is 12.9. The Morgan fingerprint density at radius 1 is 1.17 bits per heavy atom. The molecule has 10 heteroatoms. The van der Waals surface area contributed by atoms with Crippen LogP contribution >= 0.6 is 11.6 Å². The van der Waals surface area contributed by atoms with Crippen molar-refractivity contribution in [3.8, 4) is 0 Å². The standard InChI is InChI=1S/C20H20ClF3N2O3S/c1-13-4-7-16(8-5-13)30(28,29)26-10-2-3-14(12-26)19(27)25-18-11-15(20(22,23)24)6-9-17(18)21/h4-9,11,14H,2-3,10,12H2,1H3,(H,25,27). The Bertz CT molecular complexity index is 1040. The number of hydrogen-bond acceptors (Lipinski definition) is 3. The molecule has 1 saturated heterocycles. The number of nitrogens with zero attached hydrogens (tertiary/aromatic N) is 1. The topological polar surface area (TPSA) is 66.5 Å². The SMILES string of the molecule is Cc1ccc(S(=O)(=O)N2CCCC(C(=O)Nc3cc(C(F)(F)F)ccc3Cl)C2)cc1. The molecule has 1 amide bonds. The minimum Gasteiger partial charge on any atom is -0.324 e. The van der Waals surface area contributed by atoms with E-state index in [9.17, 15) is 26.4 Å². The normalized spacial score (nSPS) is 18.2. The van der Waals surface area contributed by atoms with E-state index in [0.29, 0.717) is 12.8 Å². The second-order valence-electron chi connectivity index (χ2n) is 7.20. The summed E-state index contributed by atoms with van der Waals surface area (Å²) in [7, 11) is -3.77. The van der Waals surface area contributed by atoms with Gasteiger partial charge in [0.2, 0.25) is 15.9 Å². The van der Waals surface area contributed by atoms with Crippen molar-refractivity contribution >= 4 is 33.2 Å². The van der Waals surface area contributed by atoms with Crippen LogP contribution in [0, 0.1) is 12.8 Å². The summed E-state index contributed by atoms with van der Waals surface area (Å²) in [5.74, 6) is -1.27. The molecule has 1 unspecified atom stereocenters. The molecule has 1 N–H and O–H groups in total. The van der Waals surface area contributed by atoms with Gasteiger partial charge >= 0.3 is 6.18 Å². The molecular formula is C20H20ClF3N2O3S. The fourth-order valence-corrected chi connectivity index (χ4v) is 4.95. The zero-order chi connectivity index (χ0) is 22.1. The summed E-state index contributed by atoms with van der Waals surface area (Å²) >= 11 is 5.93. The van der Waals surface area contributed by atoms with Gasteiger partial charge in [0, 0.05) is 13.1 Å². The summed E-state index contributed by atoms with van der Waals surface area (Å²) in [5, 5.41) is 2.39. The molecule has 1 atom stereocenters. The van der Waals surface area contributed by atoms with Crippen LogP contribution < -0.4 is 5.32 Å². The number of carbonyl (C=O) groups excluding carboxylic acids is 1. The van der Waals surface area contributed by atoms with Crippen LogP contribution in [0.3, 0.4) is 0 Å². The fourth-order valence-electron chi connectivity index (χ4n) is 3.27. The molecule has 0 aromatic heterocycles. The summed E-state index contributed by atoms with van der Waals surface area (Å²) in [6, 6.07) is 9.06. The van der Waals surface area contributed by atoms with Crippen molar-refractivity contribution in [3.63, 3.8) is 0 Å². The Kier molecular flexibility index (Phi) is 6.45. The highest BCUT2D eigenvalue weighted by atomic mass is 35.5. The Labute approximate surface area is 177 Å². The Balaban J connectivity index is 1.76. The van der Waals surface area contributed by atoms with E-state index in [4.69, 9.17) is 11.6 Å². The lowest BCUT2D eigenvalue weighted by Gasteiger charge is -2.31. The Hall–Kier alpha value is -2.10. The number of anilines is 1. The van der Waals surface area contributed by atoms with Gasteiger partial charge in [0.1, 0.15) is 0 Å². The minimum atomic E-state index is -4.58. The van der Waals surface area contributed by atoms with Gasteiger partial charge in [0.25, 0.3) is 0 Å². The van der Waals surface area contributed by atoms with Gasteiger partial charge in [-0.05, 0) is 50.1 Å². The predicted molar refractivity (Wildman–Crippen MR) is 108 cm³/mol. The van der Waals surface area contributed by atoms with Crippen LogP contribution in [0.1, 0.15) is 24.0 Å². The van der Waals surface area contributed by atoms with Crippen molar-refractivity contribution in [2.75, 3.05) is 18.4 Å². The molecule has 3 rings (SSSR count). The molecule has 30 heavy (non-hydrogen) atoms. The van der Waals surface area contributed by atoms with Crippen molar-refractivity contribution in [2.24, 2.45) is 5.92 Å². The first kappa shape index (κ1) is 22.6. The van der Waals surface area contributed by atoms with E-state index in [1.54, 1.807) is 12.1 Å². The highest BCUT2D eigenvalue weighted by molar-refractivity contribution is 7.89. The third-order valence-corrected chi connectivity index (χ3v) is 7.17. The lowest BCUT2D eigenvalue weighted by Crippen LogP contribution is -2.43. The van der Waals surface area contributed by atoms with Crippen LogP contribution in [0.25, 0.3) is 0 Å². The van der Waals surface area contributed by atoms with E-state index < -0.39 is 33.6 Å². The first-order valence-corrected chi connectivity index (χ1v) is 11.0. The third-order valence-electron chi connectivity index (χ3n) is 4.97. The molecule has 1 fully saturated rings. The average molecular weight is 461 g/mol. The first-order chi connectivity index (χ1) is 14.0. The lowest BCUT2D eigenvalue weighted by atomic mass is 9.98. The largest absolute Gasteiger partial charge is 0.416 e. The quantitative estimate of drug-likeness (QED) is 0.718. The average Bonchev–Trinajstić information content (AvgIpc) is 2.69. The van der Waals surface area contributed by atoms with E-state index >= 15 is 0 Å². The summed E-state index contributed by atoms with van der Waals surface area (Å²) < 4.78 is 65.8. The van der Waals surface area contributed by atoms with Crippen LogP contribution in [0.2, 0.25) is 5.02 Å². The molecule has 1 heterocycles. The lowest BCUT2D eigenvalue weighted by molar-refractivity contribution is -0.137. The maximum absolute atomic E-state index is 12.9. The summed E-state index contributed by atoms with van der Waals surface area (Å²) in [6.07, 6.45) is -3.70. The van der Waals surface area contributed by atoms with E-state index in [0.717, 1.165) is 23.8 Å². The molecule has 0 radical (unpaired) electrons. The summed E-state index contributed by atoms with van der Waals surface area (Å²) in [4.78, 5) is 12.8. The molecular weight excluding hydrogens is 441 g/mol. The molecule has 0 spiro atoms. The Morgan fingerprint density at radius 3 is 2.47 bits per heavy atom. The molecule has 1 aliphatic rings. The molecule has 0 aliphatic carbocycles. The smallest absolute Gasteiger partial charge is 0.324 e. The molecule has 5 nitrogen and oxygen atoms in total. The first-order valence-electron chi connectivity index (χ1n) is 9.23. The van der Waals surface area contributed by atoms with Crippen LogP contribution in [-0.4, -0.2) is 31.7 Å². The number of rotatable bonds is 4. The molecule has 2 aromatic rings. The van der Waals surface area contributed by atoms with Gasteiger partial charge in [-0.2, -0.15) is 17.5 Å². The second-order valence-corrected chi connectivity index (χ2v) is 9.54. The number of amides is 1. The van der Waals surface area contributed by atoms with Gasteiger partial charge in [-0.25, -0.2) is 8.42 Å².